The largest absolute Gasteiger partial charge is 0.396 e. The summed E-state index contributed by atoms with van der Waals surface area (Å²) in [6, 6.07) is 7.60. The fourth-order valence-electron chi connectivity index (χ4n) is 2.17. The summed E-state index contributed by atoms with van der Waals surface area (Å²) in [6.07, 6.45) is 2.11. The van der Waals surface area contributed by atoms with Gasteiger partial charge in [0.05, 0.1) is 16.9 Å². The SMILES string of the molecule is CC1(CNc2cccc(C#N)c2N)CCOCC1. The molecule has 0 atom stereocenters. The lowest BCUT2D eigenvalue weighted by Crippen LogP contribution is -2.33. The molecule has 0 unspecified atom stereocenters. The molecule has 0 bridgehead atoms. The van der Waals surface area contributed by atoms with E-state index >= 15 is 0 Å². The molecule has 0 radical (unpaired) electrons. The second kappa shape index (κ2) is 5.28. The normalized spacial score (nSPS) is 18.0. The maximum atomic E-state index is 8.94. The number of para-hydroxylation sites is 1. The second-order valence-corrected chi connectivity index (χ2v) is 5.16. The standard InChI is InChI=1S/C14H19N3O/c1-14(5-7-18-8-6-14)10-17-12-4-2-3-11(9-15)13(12)16/h2-4,17H,5-8,10,16H2,1H3. The van der Waals surface area contributed by atoms with E-state index in [-0.39, 0.29) is 5.41 Å². The van der Waals surface area contributed by atoms with Crippen molar-refractivity contribution in [2.75, 3.05) is 30.8 Å². The Balaban J connectivity index is 2.04. The van der Waals surface area contributed by atoms with Gasteiger partial charge in [0.25, 0.3) is 0 Å². The van der Waals surface area contributed by atoms with Crippen LogP contribution < -0.4 is 11.1 Å². The molecule has 1 aliphatic heterocycles. The van der Waals surface area contributed by atoms with Crippen molar-refractivity contribution in [2.24, 2.45) is 5.41 Å². The van der Waals surface area contributed by atoms with Crippen LogP contribution in [0, 0.1) is 16.7 Å². The van der Waals surface area contributed by atoms with E-state index < -0.39 is 0 Å². The average molecular weight is 245 g/mol. The summed E-state index contributed by atoms with van der Waals surface area (Å²) in [6.45, 7) is 4.76. The van der Waals surface area contributed by atoms with Crippen molar-refractivity contribution < 1.29 is 4.74 Å². The zero-order chi connectivity index (χ0) is 13.0. The predicted octanol–water partition coefficient (Wildman–Crippen LogP) is 2.37. The Morgan fingerprint density at radius 3 is 2.83 bits per heavy atom. The maximum absolute atomic E-state index is 8.94. The Kier molecular flexibility index (Phi) is 3.73. The van der Waals surface area contributed by atoms with E-state index in [1.165, 1.54) is 0 Å². The topological polar surface area (TPSA) is 71.1 Å². The minimum atomic E-state index is 0.243. The Hall–Kier alpha value is -1.73. The third kappa shape index (κ3) is 2.74. The van der Waals surface area contributed by atoms with E-state index in [4.69, 9.17) is 15.7 Å². The number of nitrogens with one attached hydrogen (secondary N) is 1. The van der Waals surface area contributed by atoms with Crippen LogP contribution in [-0.2, 0) is 4.74 Å². The maximum Gasteiger partial charge on any atom is 0.101 e. The molecule has 1 aromatic carbocycles. The van der Waals surface area contributed by atoms with Gasteiger partial charge in [-0.1, -0.05) is 13.0 Å². The molecule has 2 rings (SSSR count). The number of benzene rings is 1. The van der Waals surface area contributed by atoms with Crippen LogP contribution in [0.3, 0.4) is 0 Å². The van der Waals surface area contributed by atoms with E-state index in [0.717, 1.165) is 38.3 Å². The monoisotopic (exact) mass is 245 g/mol. The lowest BCUT2D eigenvalue weighted by Gasteiger charge is -2.34. The third-order valence-electron chi connectivity index (χ3n) is 3.63. The Morgan fingerprint density at radius 2 is 2.17 bits per heavy atom. The molecule has 1 heterocycles. The predicted molar refractivity (Wildman–Crippen MR) is 72.2 cm³/mol. The van der Waals surface area contributed by atoms with E-state index in [0.29, 0.717) is 11.3 Å². The summed E-state index contributed by atoms with van der Waals surface area (Å²) in [5.74, 6) is 0. The molecule has 0 saturated carbocycles. The fraction of sp³-hybridized carbons (Fsp3) is 0.500. The molecule has 0 spiro atoms. The summed E-state index contributed by atoms with van der Waals surface area (Å²) >= 11 is 0. The molecule has 96 valence electrons. The van der Waals surface area contributed by atoms with Crippen molar-refractivity contribution in [1.82, 2.24) is 0 Å². The minimum Gasteiger partial charge on any atom is -0.396 e. The van der Waals surface area contributed by atoms with Gasteiger partial charge in [-0.2, -0.15) is 5.26 Å². The van der Waals surface area contributed by atoms with Crippen LogP contribution in [0.2, 0.25) is 0 Å². The van der Waals surface area contributed by atoms with Crippen LogP contribution in [0.4, 0.5) is 11.4 Å². The Morgan fingerprint density at radius 1 is 1.44 bits per heavy atom. The fourth-order valence-corrected chi connectivity index (χ4v) is 2.17. The summed E-state index contributed by atoms with van der Waals surface area (Å²) < 4.78 is 5.38. The van der Waals surface area contributed by atoms with Gasteiger partial charge in [0.2, 0.25) is 0 Å². The first-order valence-electron chi connectivity index (χ1n) is 6.25. The number of nitriles is 1. The molecule has 0 amide bonds. The molecule has 4 heteroatoms. The summed E-state index contributed by atoms with van der Waals surface area (Å²) in [4.78, 5) is 0. The number of anilines is 2. The van der Waals surface area contributed by atoms with Gasteiger partial charge in [0.1, 0.15) is 6.07 Å². The van der Waals surface area contributed by atoms with Gasteiger partial charge in [-0.15, -0.1) is 0 Å². The van der Waals surface area contributed by atoms with Gasteiger partial charge in [-0.3, -0.25) is 0 Å². The van der Waals surface area contributed by atoms with E-state index in [1.54, 1.807) is 6.07 Å². The average Bonchev–Trinajstić information content (AvgIpc) is 2.38. The summed E-state index contributed by atoms with van der Waals surface area (Å²) in [7, 11) is 0. The quantitative estimate of drug-likeness (QED) is 0.802. The lowest BCUT2D eigenvalue weighted by atomic mass is 9.82. The third-order valence-corrected chi connectivity index (χ3v) is 3.63. The van der Waals surface area contributed by atoms with Gasteiger partial charge in [-0.25, -0.2) is 0 Å². The number of hydrogen-bond acceptors (Lipinski definition) is 4. The molecule has 1 aromatic rings. The van der Waals surface area contributed by atoms with Gasteiger partial charge in [0.15, 0.2) is 0 Å². The molecule has 0 aliphatic carbocycles. The van der Waals surface area contributed by atoms with Gasteiger partial charge < -0.3 is 15.8 Å². The molecular weight excluding hydrogens is 226 g/mol. The van der Waals surface area contributed by atoms with Crippen LogP contribution >= 0.6 is 0 Å². The molecular formula is C14H19N3O. The van der Waals surface area contributed by atoms with Crippen molar-refractivity contribution >= 4 is 11.4 Å². The van der Waals surface area contributed by atoms with Gasteiger partial charge in [-0.05, 0) is 30.4 Å². The summed E-state index contributed by atoms with van der Waals surface area (Å²) in [5.41, 5.74) is 8.10. The number of nitrogens with two attached hydrogens (primary N) is 1. The number of hydrogen-bond donors (Lipinski definition) is 2. The van der Waals surface area contributed by atoms with Crippen molar-refractivity contribution in [3.05, 3.63) is 23.8 Å². The number of ether oxygens (including phenoxy) is 1. The molecule has 0 aromatic heterocycles. The second-order valence-electron chi connectivity index (χ2n) is 5.16. The molecule has 3 N–H and O–H groups in total. The van der Waals surface area contributed by atoms with E-state index in [9.17, 15) is 0 Å². The van der Waals surface area contributed by atoms with Crippen LogP contribution in [0.15, 0.2) is 18.2 Å². The Bertz CT molecular complexity index is 459. The van der Waals surface area contributed by atoms with Crippen molar-refractivity contribution in [1.29, 1.82) is 5.26 Å². The van der Waals surface area contributed by atoms with Crippen LogP contribution in [0.5, 0.6) is 0 Å². The molecule has 4 nitrogen and oxygen atoms in total. The molecule has 18 heavy (non-hydrogen) atoms. The van der Waals surface area contributed by atoms with E-state index in [1.807, 2.05) is 12.1 Å². The van der Waals surface area contributed by atoms with Crippen LogP contribution in [0.25, 0.3) is 0 Å². The number of nitrogens with zero attached hydrogens (tertiary/aromatic N) is 1. The van der Waals surface area contributed by atoms with Crippen molar-refractivity contribution in [2.45, 2.75) is 19.8 Å². The number of nitrogen functional groups attached to an aromatic ring is 1. The van der Waals surface area contributed by atoms with Gasteiger partial charge in [0, 0.05) is 19.8 Å². The first-order chi connectivity index (χ1) is 8.64. The van der Waals surface area contributed by atoms with Crippen LogP contribution in [-0.4, -0.2) is 19.8 Å². The highest BCUT2D eigenvalue weighted by atomic mass is 16.5. The molecule has 1 fully saturated rings. The molecule has 1 aliphatic rings. The van der Waals surface area contributed by atoms with Crippen molar-refractivity contribution in [3.8, 4) is 6.07 Å². The Labute approximate surface area is 108 Å². The number of rotatable bonds is 3. The summed E-state index contributed by atoms with van der Waals surface area (Å²) in [5, 5.41) is 12.3. The zero-order valence-corrected chi connectivity index (χ0v) is 10.7. The van der Waals surface area contributed by atoms with Crippen LogP contribution in [0.1, 0.15) is 25.3 Å². The zero-order valence-electron chi connectivity index (χ0n) is 10.7. The van der Waals surface area contributed by atoms with Gasteiger partial charge >= 0.3 is 0 Å². The highest BCUT2D eigenvalue weighted by Gasteiger charge is 2.27. The highest BCUT2D eigenvalue weighted by molar-refractivity contribution is 5.72. The minimum absolute atomic E-state index is 0.243. The highest BCUT2D eigenvalue weighted by Crippen LogP contribution is 2.31. The van der Waals surface area contributed by atoms with Crippen molar-refractivity contribution in [3.63, 3.8) is 0 Å². The first-order valence-corrected chi connectivity index (χ1v) is 6.25. The lowest BCUT2D eigenvalue weighted by molar-refractivity contribution is 0.0300. The smallest absolute Gasteiger partial charge is 0.101 e. The van der Waals surface area contributed by atoms with E-state index in [2.05, 4.69) is 18.3 Å². The molecule has 1 saturated heterocycles. The first kappa shape index (κ1) is 12.7.